The number of aromatic nitrogens is 2. The number of hydrogen-bond acceptors (Lipinski definition) is 5. The van der Waals surface area contributed by atoms with Gasteiger partial charge in [0.05, 0.1) is 6.54 Å². The lowest BCUT2D eigenvalue weighted by atomic mass is 10.2. The Labute approximate surface area is 121 Å². The maximum atomic E-state index is 4.57. The van der Waals surface area contributed by atoms with Crippen LogP contribution in [0.25, 0.3) is 0 Å². The van der Waals surface area contributed by atoms with Crippen LogP contribution in [0.15, 0.2) is 6.07 Å². The van der Waals surface area contributed by atoms with Crippen molar-refractivity contribution >= 4 is 17.6 Å². The molecule has 0 aliphatic carbocycles. The van der Waals surface area contributed by atoms with E-state index in [1.165, 1.54) is 0 Å². The summed E-state index contributed by atoms with van der Waals surface area (Å²) < 4.78 is 0. The van der Waals surface area contributed by atoms with E-state index in [2.05, 4.69) is 47.3 Å². The summed E-state index contributed by atoms with van der Waals surface area (Å²) in [6, 6.07) is 2.58. The maximum Gasteiger partial charge on any atom is 0.144 e. The average molecular weight is 282 g/mol. The molecule has 0 spiro atoms. The monoisotopic (exact) mass is 282 g/mol. The maximum absolute atomic E-state index is 4.57. The third-order valence-electron chi connectivity index (χ3n) is 3.10. The molecule has 1 atom stereocenters. The van der Waals surface area contributed by atoms with E-state index in [4.69, 9.17) is 0 Å². The molecule has 1 aromatic heterocycles. The fraction of sp³-hybridized carbons (Fsp3) is 0.714. The van der Waals surface area contributed by atoms with Crippen molar-refractivity contribution < 1.29 is 0 Å². The molecule has 0 aliphatic rings. The highest BCUT2D eigenvalue weighted by atomic mass is 32.2. The average Bonchev–Trinajstić information content (AvgIpc) is 2.35. The third kappa shape index (κ3) is 5.37. The molecule has 1 heterocycles. The normalized spacial score (nSPS) is 12.7. The van der Waals surface area contributed by atoms with Crippen molar-refractivity contribution in [1.82, 2.24) is 14.9 Å². The van der Waals surface area contributed by atoms with E-state index >= 15 is 0 Å². The van der Waals surface area contributed by atoms with Gasteiger partial charge in [-0.05, 0) is 33.6 Å². The van der Waals surface area contributed by atoms with Crippen LogP contribution in [0.4, 0.5) is 5.82 Å². The molecule has 0 saturated heterocycles. The van der Waals surface area contributed by atoms with Crippen molar-refractivity contribution in [3.8, 4) is 0 Å². The summed E-state index contributed by atoms with van der Waals surface area (Å²) in [5.74, 6) is 2.98. The molecule has 0 radical (unpaired) electrons. The van der Waals surface area contributed by atoms with Gasteiger partial charge in [-0.3, -0.25) is 4.90 Å². The number of rotatable bonds is 8. The second-order valence-electron chi connectivity index (χ2n) is 4.77. The molecule has 1 unspecified atom stereocenters. The van der Waals surface area contributed by atoms with Crippen molar-refractivity contribution in [3.63, 3.8) is 0 Å². The fourth-order valence-electron chi connectivity index (χ4n) is 2.07. The van der Waals surface area contributed by atoms with E-state index in [9.17, 15) is 0 Å². The quantitative estimate of drug-likeness (QED) is 0.794. The summed E-state index contributed by atoms with van der Waals surface area (Å²) in [5.41, 5.74) is 1.02. The summed E-state index contributed by atoms with van der Waals surface area (Å²) in [4.78, 5) is 11.5. The van der Waals surface area contributed by atoms with Crippen LogP contribution in [-0.2, 0) is 6.54 Å². The van der Waals surface area contributed by atoms with Gasteiger partial charge in [-0.2, -0.15) is 11.8 Å². The smallest absolute Gasteiger partial charge is 0.144 e. The Hall–Kier alpha value is -0.810. The Morgan fingerprint density at radius 1 is 1.37 bits per heavy atom. The molecule has 1 N–H and O–H groups in total. The standard InChI is InChI=1S/C14H26N4S/c1-6-12(10-19-5)18(4)9-14-16-11(3)8-13(17-14)15-7-2/h8,12H,6-7,9-10H2,1-5H3,(H,15,16,17). The molecule has 0 amide bonds. The third-order valence-corrected chi connectivity index (χ3v) is 3.82. The van der Waals surface area contributed by atoms with Crippen LogP contribution in [0.3, 0.4) is 0 Å². The van der Waals surface area contributed by atoms with Gasteiger partial charge >= 0.3 is 0 Å². The predicted molar refractivity (Wildman–Crippen MR) is 84.9 cm³/mol. The van der Waals surface area contributed by atoms with Gasteiger partial charge in [-0.15, -0.1) is 0 Å². The Balaban J connectivity index is 2.74. The van der Waals surface area contributed by atoms with Gasteiger partial charge in [-0.25, -0.2) is 9.97 Å². The Kier molecular flexibility index (Phi) is 7.16. The van der Waals surface area contributed by atoms with E-state index in [1.54, 1.807) is 0 Å². The minimum Gasteiger partial charge on any atom is -0.370 e. The van der Waals surface area contributed by atoms with Crippen LogP contribution in [0.1, 0.15) is 31.8 Å². The zero-order chi connectivity index (χ0) is 14.3. The molecule has 0 aromatic carbocycles. The number of hydrogen-bond donors (Lipinski definition) is 1. The first-order valence-corrected chi connectivity index (χ1v) is 8.27. The SMILES string of the molecule is CCNc1cc(C)nc(CN(C)C(CC)CSC)n1. The van der Waals surface area contributed by atoms with Gasteiger partial charge < -0.3 is 5.32 Å². The van der Waals surface area contributed by atoms with Crippen molar-refractivity contribution in [2.24, 2.45) is 0 Å². The molecule has 0 aliphatic heterocycles. The zero-order valence-electron chi connectivity index (χ0n) is 12.7. The summed E-state index contributed by atoms with van der Waals surface area (Å²) >= 11 is 1.89. The van der Waals surface area contributed by atoms with E-state index in [0.29, 0.717) is 6.04 Å². The molecule has 5 heteroatoms. The first kappa shape index (κ1) is 16.2. The Morgan fingerprint density at radius 3 is 2.68 bits per heavy atom. The number of aryl methyl sites for hydroxylation is 1. The van der Waals surface area contributed by atoms with Crippen molar-refractivity contribution in [2.75, 3.05) is 30.9 Å². The predicted octanol–water partition coefficient (Wildman–Crippen LogP) is 2.79. The van der Waals surface area contributed by atoms with E-state index in [1.807, 2.05) is 24.8 Å². The lowest BCUT2D eigenvalue weighted by Gasteiger charge is -2.26. The largest absolute Gasteiger partial charge is 0.370 e. The molecule has 19 heavy (non-hydrogen) atoms. The zero-order valence-corrected chi connectivity index (χ0v) is 13.5. The van der Waals surface area contributed by atoms with E-state index < -0.39 is 0 Å². The van der Waals surface area contributed by atoms with Gasteiger partial charge in [0.25, 0.3) is 0 Å². The summed E-state index contributed by atoms with van der Waals surface area (Å²) in [7, 11) is 2.16. The van der Waals surface area contributed by atoms with Gasteiger partial charge in [0.1, 0.15) is 11.6 Å². The van der Waals surface area contributed by atoms with Crippen LogP contribution >= 0.6 is 11.8 Å². The van der Waals surface area contributed by atoms with Crippen LogP contribution in [0.5, 0.6) is 0 Å². The molecule has 4 nitrogen and oxygen atoms in total. The van der Waals surface area contributed by atoms with Crippen LogP contribution in [-0.4, -0.2) is 46.5 Å². The van der Waals surface area contributed by atoms with Crippen LogP contribution in [0, 0.1) is 6.92 Å². The van der Waals surface area contributed by atoms with Crippen molar-refractivity contribution in [1.29, 1.82) is 0 Å². The molecule has 0 bridgehead atoms. The molecule has 108 valence electrons. The summed E-state index contributed by atoms with van der Waals surface area (Å²) in [6.45, 7) is 8.02. The number of nitrogens with zero attached hydrogens (tertiary/aromatic N) is 3. The molecular formula is C14H26N4S. The van der Waals surface area contributed by atoms with Crippen LogP contribution < -0.4 is 5.32 Å². The highest BCUT2D eigenvalue weighted by Crippen LogP contribution is 2.12. The van der Waals surface area contributed by atoms with E-state index in [-0.39, 0.29) is 0 Å². The van der Waals surface area contributed by atoms with Gasteiger partial charge in [0, 0.05) is 30.1 Å². The Bertz CT molecular complexity index is 384. The van der Waals surface area contributed by atoms with Crippen LogP contribution in [0.2, 0.25) is 0 Å². The van der Waals surface area contributed by atoms with Gasteiger partial charge in [0.2, 0.25) is 0 Å². The second kappa shape index (κ2) is 8.38. The first-order chi connectivity index (χ1) is 9.10. The first-order valence-electron chi connectivity index (χ1n) is 6.88. The second-order valence-corrected chi connectivity index (χ2v) is 5.68. The van der Waals surface area contributed by atoms with Gasteiger partial charge in [0.15, 0.2) is 0 Å². The molecular weight excluding hydrogens is 256 g/mol. The van der Waals surface area contributed by atoms with Crippen molar-refractivity contribution in [2.45, 2.75) is 39.8 Å². The summed E-state index contributed by atoms with van der Waals surface area (Å²) in [5, 5.41) is 3.26. The minimum absolute atomic E-state index is 0.585. The number of nitrogens with one attached hydrogen (secondary N) is 1. The topological polar surface area (TPSA) is 41.1 Å². The Morgan fingerprint density at radius 2 is 2.11 bits per heavy atom. The highest BCUT2D eigenvalue weighted by Gasteiger charge is 2.14. The lowest BCUT2D eigenvalue weighted by molar-refractivity contribution is 0.242. The number of thioether (sulfide) groups is 1. The summed E-state index contributed by atoms with van der Waals surface area (Å²) in [6.07, 6.45) is 3.31. The van der Waals surface area contributed by atoms with Gasteiger partial charge in [-0.1, -0.05) is 6.92 Å². The van der Waals surface area contributed by atoms with E-state index in [0.717, 1.165) is 42.6 Å². The molecule has 1 rings (SSSR count). The minimum atomic E-state index is 0.585. The molecule has 0 saturated carbocycles. The molecule has 1 aromatic rings. The fourth-order valence-corrected chi connectivity index (χ4v) is 2.95. The highest BCUT2D eigenvalue weighted by molar-refractivity contribution is 7.98. The molecule has 0 fully saturated rings. The lowest BCUT2D eigenvalue weighted by Crippen LogP contribution is -2.33. The number of anilines is 1. The van der Waals surface area contributed by atoms with Crippen molar-refractivity contribution in [3.05, 3.63) is 17.6 Å².